The van der Waals surface area contributed by atoms with E-state index in [1.807, 2.05) is 6.92 Å². The molecule has 1 amide bonds. The van der Waals surface area contributed by atoms with Crippen LogP contribution in [0.4, 0.5) is 10.9 Å². The van der Waals surface area contributed by atoms with Crippen molar-refractivity contribution in [3.63, 3.8) is 0 Å². The smallest absolute Gasteiger partial charge is 0.257 e. The van der Waals surface area contributed by atoms with Crippen molar-refractivity contribution in [2.75, 3.05) is 17.2 Å². The fourth-order valence-corrected chi connectivity index (χ4v) is 2.09. The number of carbonyl (C=O) groups is 1. The molecule has 5 nitrogen and oxygen atoms in total. The number of halogens is 1. The number of nitrogens with one attached hydrogen (secondary N) is 2. The molecule has 0 saturated heterocycles. The molecular formula is C11H11ClN4OS. The Morgan fingerprint density at radius 2 is 2.33 bits per heavy atom. The van der Waals surface area contributed by atoms with Gasteiger partial charge in [-0.15, -0.1) is 11.3 Å². The minimum absolute atomic E-state index is 0.256. The maximum Gasteiger partial charge on any atom is 0.257 e. The summed E-state index contributed by atoms with van der Waals surface area (Å²) < 4.78 is 0. The lowest BCUT2D eigenvalue weighted by molar-refractivity contribution is 0.102. The molecular weight excluding hydrogens is 272 g/mol. The molecule has 0 aliphatic carbocycles. The van der Waals surface area contributed by atoms with Crippen LogP contribution in [-0.2, 0) is 0 Å². The first kappa shape index (κ1) is 12.8. The van der Waals surface area contributed by atoms with Crippen molar-refractivity contribution < 1.29 is 4.79 Å². The van der Waals surface area contributed by atoms with E-state index in [2.05, 4.69) is 20.6 Å². The number of pyridine rings is 1. The van der Waals surface area contributed by atoms with Gasteiger partial charge in [0.25, 0.3) is 5.91 Å². The molecule has 0 spiro atoms. The highest BCUT2D eigenvalue weighted by atomic mass is 35.5. The first-order chi connectivity index (χ1) is 8.69. The number of thiazole rings is 1. The van der Waals surface area contributed by atoms with E-state index in [0.29, 0.717) is 23.1 Å². The lowest BCUT2D eigenvalue weighted by atomic mass is 10.2. The van der Waals surface area contributed by atoms with E-state index in [9.17, 15) is 4.79 Å². The summed E-state index contributed by atoms with van der Waals surface area (Å²) in [6, 6.07) is 3.17. The van der Waals surface area contributed by atoms with Gasteiger partial charge in [0.1, 0.15) is 11.0 Å². The Balaban J connectivity index is 2.19. The normalized spacial score (nSPS) is 10.1. The molecule has 2 heterocycles. The molecule has 0 aromatic carbocycles. The van der Waals surface area contributed by atoms with Gasteiger partial charge in [-0.3, -0.25) is 10.1 Å². The van der Waals surface area contributed by atoms with E-state index < -0.39 is 0 Å². The average molecular weight is 283 g/mol. The maximum atomic E-state index is 12.0. The second-order valence-corrected chi connectivity index (χ2v) is 4.67. The summed E-state index contributed by atoms with van der Waals surface area (Å²) in [5, 5.41) is 8.32. The van der Waals surface area contributed by atoms with E-state index in [4.69, 9.17) is 11.6 Å². The first-order valence-corrected chi connectivity index (χ1v) is 6.57. The van der Waals surface area contributed by atoms with E-state index in [0.717, 1.165) is 0 Å². The highest BCUT2D eigenvalue weighted by Gasteiger charge is 2.10. The number of amides is 1. The third-order valence-corrected chi connectivity index (χ3v) is 2.95. The van der Waals surface area contributed by atoms with Crippen LogP contribution in [0.2, 0.25) is 5.15 Å². The van der Waals surface area contributed by atoms with Crippen LogP contribution in [0.25, 0.3) is 0 Å². The molecule has 18 heavy (non-hydrogen) atoms. The highest BCUT2D eigenvalue weighted by Crippen LogP contribution is 2.17. The molecule has 2 aromatic heterocycles. The van der Waals surface area contributed by atoms with Crippen molar-refractivity contribution in [3.8, 4) is 0 Å². The van der Waals surface area contributed by atoms with Gasteiger partial charge in [-0.2, -0.15) is 0 Å². The molecule has 0 radical (unpaired) electrons. The number of hydrogen-bond donors (Lipinski definition) is 2. The lowest BCUT2D eigenvalue weighted by Crippen LogP contribution is -2.12. The fraction of sp³-hybridized carbons (Fsp3) is 0.182. The zero-order chi connectivity index (χ0) is 13.0. The molecule has 2 rings (SSSR count). The van der Waals surface area contributed by atoms with Gasteiger partial charge in [0.2, 0.25) is 0 Å². The van der Waals surface area contributed by atoms with Crippen molar-refractivity contribution in [2.45, 2.75) is 6.92 Å². The number of hydrogen-bond acceptors (Lipinski definition) is 5. The predicted octanol–water partition coefficient (Wildman–Crippen LogP) is 2.88. The molecule has 0 saturated carbocycles. The van der Waals surface area contributed by atoms with Crippen molar-refractivity contribution in [3.05, 3.63) is 34.4 Å². The number of carbonyl (C=O) groups excluding carboxylic acids is 1. The Hall–Kier alpha value is -1.66. The van der Waals surface area contributed by atoms with Crippen LogP contribution < -0.4 is 10.6 Å². The van der Waals surface area contributed by atoms with Crippen LogP contribution in [0, 0.1) is 0 Å². The Labute approximate surface area is 113 Å². The number of nitrogens with zero attached hydrogens (tertiary/aromatic N) is 2. The van der Waals surface area contributed by atoms with Crippen LogP contribution in [0.1, 0.15) is 17.3 Å². The molecule has 2 N–H and O–H groups in total. The van der Waals surface area contributed by atoms with Gasteiger partial charge in [-0.05, 0) is 19.1 Å². The third kappa shape index (κ3) is 3.18. The lowest BCUT2D eigenvalue weighted by Gasteiger charge is -2.06. The number of aromatic nitrogens is 2. The predicted molar refractivity (Wildman–Crippen MR) is 73.5 cm³/mol. The van der Waals surface area contributed by atoms with E-state index >= 15 is 0 Å². The quantitative estimate of drug-likeness (QED) is 0.846. The van der Waals surface area contributed by atoms with Gasteiger partial charge < -0.3 is 5.32 Å². The molecule has 0 aliphatic rings. The standard InChI is InChI=1S/C11H11ClN4OS/c1-2-13-9-6-7(5-8(12)15-9)10(17)16-11-14-3-4-18-11/h3-6H,2H2,1H3,(H,13,15)(H,14,16,17). The summed E-state index contributed by atoms with van der Waals surface area (Å²) >= 11 is 7.22. The fourth-order valence-electron chi connectivity index (χ4n) is 1.35. The van der Waals surface area contributed by atoms with Crippen molar-refractivity contribution >= 4 is 39.8 Å². The molecule has 0 fully saturated rings. The Morgan fingerprint density at radius 1 is 1.50 bits per heavy atom. The molecule has 0 aliphatic heterocycles. The van der Waals surface area contributed by atoms with Crippen molar-refractivity contribution in [1.82, 2.24) is 9.97 Å². The molecule has 94 valence electrons. The third-order valence-electron chi connectivity index (χ3n) is 2.07. The molecule has 2 aromatic rings. The van der Waals surface area contributed by atoms with E-state index in [-0.39, 0.29) is 11.1 Å². The van der Waals surface area contributed by atoms with E-state index in [1.165, 1.54) is 17.4 Å². The largest absolute Gasteiger partial charge is 0.370 e. The Bertz CT molecular complexity index is 544. The zero-order valence-corrected chi connectivity index (χ0v) is 11.2. The first-order valence-electron chi connectivity index (χ1n) is 5.31. The maximum absolute atomic E-state index is 12.0. The summed E-state index contributed by atoms with van der Waals surface area (Å²) in [5.41, 5.74) is 0.446. The van der Waals surface area contributed by atoms with Crippen molar-refractivity contribution in [2.24, 2.45) is 0 Å². The van der Waals surface area contributed by atoms with Gasteiger partial charge in [-0.25, -0.2) is 9.97 Å². The minimum atomic E-state index is -0.256. The SMILES string of the molecule is CCNc1cc(C(=O)Nc2nccs2)cc(Cl)n1. The molecule has 0 atom stereocenters. The minimum Gasteiger partial charge on any atom is -0.370 e. The monoisotopic (exact) mass is 282 g/mol. The van der Waals surface area contributed by atoms with E-state index in [1.54, 1.807) is 17.6 Å². The van der Waals surface area contributed by atoms with Crippen molar-refractivity contribution in [1.29, 1.82) is 0 Å². The highest BCUT2D eigenvalue weighted by molar-refractivity contribution is 7.13. The van der Waals surface area contributed by atoms with Gasteiger partial charge in [0.15, 0.2) is 5.13 Å². The van der Waals surface area contributed by atoms with Gasteiger partial charge in [0, 0.05) is 23.7 Å². The van der Waals surface area contributed by atoms with Crippen LogP contribution in [0.5, 0.6) is 0 Å². The van der Waals surface area contributed by atoms with Crippen LogP contribution in [0.15, 0.2) is 23.7 Å². The molecule has 0 bridgehead atoms. The summed E-state index contributed by atoms with van der Waals surface area (Å²) in [4.78, 5) is 20.0. The zero-order valence-electron chi connectivity index (χ0n) is 9.61. The number of rotatable bonds is 4. The Kier molecular flexibility index (Phi) is 4.11. The summed E-state index contributed by atoms with van der Waals surface area (Å²) in [5.74, 6) is 0.322. The van der Waals surface area contributed by atoms with Gasteiger partial charge in [0.05, 0.1) is 0 Å². The second-order valence-electron chi connectivity index (χ2n) is 3.39. The summed E-state index contributed by atoms with van der Waals surface area (Å²) in [6.45, 7) is 2.65. The topological polar surface area (TPSA) is 66.9 Å². The van der Waals surface area contributed by atoms with Crippen LogP contribution >= 0.6 is 22.9 Å². The number of anilines is 2. The second kappa shape index (κ2) is 5.79. The van der Waals surface area contributed by atoms with Gasteiger partial charge in [-0.1, -0.05) is 11.6 Å². The summed E-state index contributed by atoms with van der Waals surface area (Å²) in [7, 11) is 0. The van der Waals surface area contributed by atoms with Crippen LogP contribution in [-0.4, -0.2) is 22.4 Å². The summed E-state index contributed by atoms with van der Waals surface area (Å²) in [6.07, 6.45) is 1.63. The molecule has 0 unspecified atom stereocenters. The molecule has 7 heteroatoms. The Morgan fingerprint density at radius 3 is 3.00 bits per heavy atom. The van der Waals surface area contributed by atoms with Gasteiger partial charge >= 0.3 is 0 Å². The van der Waals surface area contributed by atoms with Crippen LogP contribution in [0.3, 0.4) is 0 Å². The average Bonchev–Trinajstić information content (AvgIpc) is 2.81.